The molecule has 2 heterocycles. The molecule has 0 bridgehead atoms. The van der Waals surface area contributed by atoms with E-state index in [1.165, 1.54) is 6.07 Å². The minimum Gasteiger partial charge on any atom is -0.392 e. The second-order valence-electron chi connectivity index (χ2n) is 5.42. The van der Waals surface area contributed by atoms with E-state index in [1.807, 2.05) is 4.90 Å². The summed E-state index contributed by atoms with van der Waals surface area (Å²) in [4.78, 5) is 5.79. The maximum atomic E-state index is 12.7. The van der Waals surface area contributed by atoms with Crippen LogP contribution in [0.2, 0.25) is 0 Å². The monoisotopic (exact) mass is 303 g/mol. The van der Waals surface area contributed by atoms with Gasteiger partial charge in [-0.1, -0.05) is 6.07 Å². The molecule has 2 unspecified atom stereocenters. The molecular formula is C14H20F3N3O. The molecule has 1 aliphatic heterocycles. The molecule has 7 heteroatoms. The van der Waals surface area contributed by atoms with Gasteiger partial charge in [0.05, 0.1) is 6.10 Å². The zero-order valence-corrected chi connectivity index (χ0v) is 11.7. The number of nitrogens with zero attached hydrogens (tertiary/aromatic N) is 2. The zero-order chi connectivity index (χ0) is 15.5. The zero-order valence-electron chi connectivity index (χ0n) is 11.7. The van der Waals surface area contributed by atoms with Crippen LogP contribution in [0.15, 0.2) is 18.2 Å². The average Bonchev–Trinajstić information content (AvgIpc) is 2.86. The first-order valence-corrected chi connectivity index (χ1v) is 7.04. The van der Waals surface area contributed by atoms with Crippen molar-refractivity contribution in [1.82, 2.24) is 9.88 Å². The number of pyridine rings is 1. The molecule has 118 valence electrons. The topological polar surface area (TPSA) is 62.4 Å². The first kappa shape index (κ1) is 16.2. The van der Waals surface area contributed by atoms with Crippen molar-refractivity contribution in [3.05, 3.63) is 29.6 Å². The molecule has 2 rings (SSSR count). The van der Waals surface area contributed by atoms with E-state index >= 15 is 0 Å². The number of hydrogen-bond donors (Lipinski definition) is 2. The highest BCUT2D eigenvalue weighted by Gasteiger charge is 2.34. The Morgan fingerprint density at radius 3 is 2.86 bits per heavy atom. The SMILES string of the molecule is NCCC(O)CN1CCC(c2cccc(C(F)(F)F)n2)C1. The number of hydrogen-bond acceptors (Lipinski definition) is 4. The van der Waals surface area contributed by atoms with Gasteiger partial charge in [-0.25, -0.2) is 4.98 Å². The summed E-state index contributed by atoms with van der Waals surface area (Å²) in [7, 11) is 0. The fraction of sp³-hybridized carbons (Fsp3) is 0.643. The van der Waals surface area contributed by atoms with Crippen molar-refractivity contribution in [3.63, 3.8) is 0 Å². The number of β-amino-alcohol motifs (C(OH)–C–C–N with tert-alkyl or cyclic N) is 1. The van der Waals surface area contributed by atoms with Crippen molar-refractivity contribution < 1.29 is 18.3 Å². The molecule has 1 fully saturated rings. The molecule has 1 saturated heterocycles. The Labute approximate surface area is 121 Å². The summed E-state index contributed by atoms with van der Waals surface area (Å²) >= 11 is 0. The van der Waals surface area contributed by atoms with E-state index in [1.54, 1.807) is 6.07 Å². The van der Waals surface area contributed by atoms with E-state index in [0.29, 0.717) is 31.7 Å². The van der Waals surface area contributed by atoms with Crippen molar-refractivity contribution >= 4 is 0 Å². The standard InChI is InChI=1S/C14H20F3N3O/c15-14(16,17)13-3-1-2-12(19-13)10-5-7-20(8-10)9-11(21)4-6-18/h1-3,10-11,21H,4-9,18H2. The van der Waals surface area contributed by atoms with Crippen LogP contribution in [-0.2, 0) is 6.18 Å². The quantitative estimate of drug-likeness (QED) is 0.867. The van der Waals surface area contributed by atoms with Crippen LogP contribution in [0.5, 0.6) is 0 Å². The molecular weight excluding hydrogens is 283 g/mol. The van der Waals surface area contributed by atoms with Crippen molar-refractivity contribution in [2.45, 2.75) is 31.0 Å². The molecule has 21 heavy (non-hydrogen) atoms. The van der Waals surface area contributed by atoms with E-state index in [2.05, 4.69) is 4.98 Å². The highest BCUT2D eigenvalue weighted by Crippen LogP contribution is 2.31. The Kier molecular flexibility index (Phi) is 5.18. The second kappa shape index (κ2) is 6.72. The number of aliphatic hydroxyl groups excluding tert-OH is 1. The number of aromatic nitrogens is 1. The molecule has 0 spiro atoms. The van der Waals surface area contributed by atoms with E-state index in [4.69, 9.17) is 5.73 Å². The van der Waals surface area contributed by atoms with Crippen LogP contribution in [-0.4, -0.2) is 47.3 Å². The van der Waals surface area contributed by atoms with Crippen LogP contribution in [0.25, 0.3) is 0 Å². The van der Waals surface area contributed by atoms with Crippen LogP contribution in [0, 0.1) is 0 Å². The van der Waals surface area contributed by atoms with Crippen molar-refractivity contribution in [3.8, 4) is 0 Å². The van der Waals surface area contributed by atoms with Crippen LogP contribution in [0.1, 0.15) is 30.1 Å². The van der Waals surface area contributed by atoms with Gasteiger partial charge in [0.1, 0.15) is 5.69 Å². The Balaban J connectivity index is 1.98. The Hall–Kier alpha value is -1.18. The van der Waals surface area contributed by atoms with E-state index < -0.39 is 18.0 Å². The van der Waals surface area contributed by atoms with Crippen molar-refractivity contribution in [1.29, 1.82) is 0 Å². The fourth-order valence-electron chi connectivity index (χ4n) is 2.66. The molecule has 3 N–H and O–H groups in total. The third-order valence-electron chi connectivity index (χ3n) is 3.72. The van der Waals surface area contributed by atoms with E-state index in [-0.39, 0.29) is 5.92 Å². The predicted octanol–water partition coefficient (Wildman–Crippen LogP) is 1.60. The third kappa shape index (κ3) is 4.39. The largest absolute Gasteiger partial charge is 0.433 e. The molecule has 1 aliphatic rings. The lowest BCUT2D eigenvalue weighted by Gasteiger charge is -2.19. The second-order valence-corrected chi connectivity index (χ2v) is 5.42. The van der Waals surface area contributed by atoms with Gasteiger partial charge in [-0.15, -0.1) is 0 Å². The Bertz CT molecular complexity index is 467. The van der Waals surface area contributed by atoms with Gasteiger partial charge in [0.15, 0.2) is 0 Å². The summed E-state index contributed by atoms with van der Waals surface area (Å²) in [6.45, 7) is 2.31. The summed E-state index contributed by atoms with van der Waals surface area (Å²) in [6.07, 6.45) is -3.61. The van der Waals surface area contributed by atoms with Gasteiger partial charge in [0, 0.05) is 24.7 Å². The molecule has 0 radical (unpaired) electrons. The van der Waals surface area contributed by atoms with Gasteiger partial charge in [0.2, 0.25) is 0 Å². The van der Waals surface area contributed by atoms with Crippen LogP contribution >= 0.6 is 0 Å². The number of aliphatic hydroxyl groups is 1. The molecule has 4 nitrogen and oxygen atoms in total. The summed E-state index contributed by atoms with van der Waals surface area (Å²) in [5, 5.41) is 9.73. The smallest absolute Gasteiger partial charge is 0.392 e. The highest BCUT2D eigenvalue weighted by atomic mass is 19.4. The lowest BCUT2D eigenvalue weighted by molar-refractivity contribution is -0.141. The van der Waals surface area contributed by atoms with Crippen LogP contribution in [0.3, 0.4) is 0 Å². The molecule has 1 aromatic rings. The van der Waals surface area contributed by atoms with Crippen molar-refractivity contribution in [2.75, 3.05) is 26.2 Å². The van der Waals surface area contributed by atoms with Gasteiger partial charge in [-0.3, -0.25) is 0 Å². The van der Waals surface area contributed by atoms with E-state index in [9.17, 15) is 18.3 Å². The average molecular weight is 303 g/mol. The van der Waals surface area contributed by atoms with E-state index in [0.717, 1.165) is 19.0 Å². The predicted molar refractivity (Wildman–Crippen MR) is 72.7 cm³/mol. The third-order valence-corrected chi connectivity index (χ3v) is 3.72. The van der Waals surface area contributed by atoms with Gasteiger partial charge < -0.3 is 15.7 Å². The number of likely N-dealkylation sites (tertiary alicyclic amines) is 1. The molecule has 0 aromatic carbocycles. The van der Waals surface area contributed by atoms with Gasteiger partial charge in [-0.2, -0.15) is 13.2 Å². The summed E-state index contributed by atoms with van der Waals surface area (Å²) in [6, 6.07) is 4.03. The Morgan fingerprint density at radius 1 is 1.43 bits per heavy atom. The maximum Gasteiger partial charge on any atom is 0.433 e. The lowest BCUT2D eigenvalue weighted by Crippen LogP contribution is -2.31. The van der Waals surface area contributed by atoms with Gasteiger partial charge >= 0.3 is 6.18 Å². The highest BCUT2D eigenvalue weighted by molar-refractivity contribution is 5.18. The maximum absolute atomic E-state index is 12.7. The normalized spacial score (nSPS) is 21.7. The van der Waals surface area contributed by atoms with Crippen LogP contribution in [0.4, 0.5) is 13.2 Å². The minimum atomic E-state index is -4.41. The summed E-state index contributed by atoms with van der Waals surface area (Å²) in [5.74, 6) is -0.0163. The lowest BCUT2D eigenvalue weighted by atomic mass is 10.0. The first-order valence-electron chi connectivity index (χ1n) is 7.04. The van der Waals surface area contributed by atoms with Crippen LogP contribution < -0.4 is 5.73 Å². The first-order chi connectivity index (χ1) is 9.90. The minimum absolute atomic E-state index is 0.0163. The molecule has 0 aliphatic carbocycles. The summed E-state index contributed by atoms with van der Waals surface area (Å²) < 4.78 is 38.0. The fourth-order valence-corrected chi connectivity index (χ4v) is 2.66. The number of nitrogens with two attached hydrogens (primary N) is 1. The number of halogens is 3. The van der Waals surface area contributed by atoms with Gasteiger partial charge in [0.25, 0.3) is 0 Å². The number of rotatable bonds is 5. The molecule has 2 atom stereocenters. The van der Waals surface area contributed by atoms with Gasteiger partial charge in [-0.05, 0) is 38.1 Å². The van der Waals surface area contributed by atoms with Crippen molar-refractivity contribution in [2.24, 2.45) is 5.73 Å². The molecule has 0 amide bonds. The Morgan fingerprint density at radius 2 is 2.19 bits per heavy atom. The molecule has 1 aromatic heterocycles. The summed E-state index contributed by atoms with van der Waals surface area (Å²) in [5.41, 5.74) is 5.01. The number of alkyl halides is 3. The molecule has 0 saturated carbocycles.